The Balaban J connectivity index is 1.62. The van der Waals surface area contributed by atoms with Gasteiger partial charge in [0.05, 0.1) is 17.1 Å². The summed E-state index contributed by atoms with van der Waals surface area (Å²) in [5.74, 6) is -1.12. The maximum Gasteiger partial charge on any atom is 0.331 e. The van der Waals surface area contributed by atoms with Crippen LogP contribution in [0.4, 0.5) is 5.69 Å². The second-order valence-corrected chi connectivity index (χ2v) is 6.02. The Morgan fingerprint density at radius 3 is 2.79 bits per heavy atom. The van der Waals surface area contributed by atoms with E-state index in [4.69, 9.17) is 10.00 Å². The molecule has 2 aromatic carbocycles. The molecule has 3 rings (SSSR count). The van der Waals surface area contributed by atoms with E-state index in [9.17, 15) is 9.59 Å². The van der Waals surface area contributed by atoms with Gasteiger partial charge in [-0.15, -0.1) is 0 Å². The van der Waals surface area contributed by atoms with Gasteiger partial charge in [-0.3, -0.25) is 9.78 Å². The molecule has 0 spiro atoms. The van der Waals surface area contributed by atoms with Gasteiger partial charge >= 0.3 is 5.97 Å². The minimum atomic E-state index is -0.992. The molecule has 0 saturated carbocycles. The molecule has 1 amide bonds. The SMILES string of the molecule is C[C@@H](OC(=O)/C=C/c1cccc2cccnc12)C(=O)Nc1cccc(C#N)c1. The van der Waals surface area contributed by atoms with Crippen molar-refractivity contribution < 1.29 is 14.3 Å². The molecule has 1 heterocycles. The molecule has 3 aromatic rings. The molecule has 1 aromatic heterocycles. The van der Waals surface area contributed by atoms with Gasteiger partial charge in [-0.05, 0) is 37.3 Å². The number of hydrogen-bond acceptors (Lipinski definition) is 5. The number of esters is 1. The minimum Gasteiger partial charge on any atom is -0.449 e. The number of hydrogen-bond donors (Lipinski definition) is 1. The van der Waals surface area contributed by atoms with E-state index in [1.54, 1.807) is 36.5 Å². The third kappa shape index (κ3) is 4.59. The number of pyridine rings is 1. The number of nitriles is 1. The van der Waals surface area contributed by atoms with Crippen LogP contribution in [0.3, 0.4) is 0 Å². The van der Waals surface area contributed by atoms with Gasteiger partial charge in [0, 0.05) is 28.9 Å². The number of benzene rings is 2. The number of ether oxygens (including phenoxy) is 1. The summed E-state index contributed by atoms with van der Waals surface area (Å²) < 4.78 is 5.15. The van der Waals surface area contributed by atoms with Crippen molar-refractivity contribution in [1.29, 1.82) is 5.26 Å². The van der Waals surface area contributed by atoms with Gasteiger partial charge in [0.15, 0.2) is 6.10 Å². The third-order valence-electron chi connectivity index (χ3n) is 3.98. The van der Waals surface area contributed by atoms with E-state index in [-0.39, 0.29) is 0 Å². The number of carbonyl (C=O) groups is 2. The Bertz CT molecular complexity index is 1090. The topological polar surface area (TPSA) is 92.1 Å². The van der Waals surface area contributed by atoms with Gasteiger partial charge in [0.25, 0.3) is 5.91 Å². The zero-order chi connectivity index (χ0) is 19.9. The summed E-state index contributed by atoms with van der Waals surface area (Å²) in [7, 11) is 0. The lowest BCUT2D eigenvalue weighted by molar-refractivity contribution is -0.148. The summed E-state index contributed by atoms with van der Waals surface area (Å²) in [6, 6.07) is 17.9. The van der Waals surface area contributed by atoms with Crippen LogP contribution in [0.1, 0.15) is 18.1 Å². The van der Waals surface area contributed by atoms with Gasteiger partial charge in [-0.1, -0.05) is 30.3 Å². The monoisotopic (exact) mass is 371 g/mol. The lowest BCUT2D eigenvalue weighted by atomic mass is 10.1. The number of aromatic nitrogens is 1. The van der Waals surface area contributed by atoms with Gasteiger partial charge < -0.3 is 10.1 Å². The largest absolute Gasteiger partial charge is 0.449 e. The molecule has 6 heteroatoms. The molecule has 0 aliphatic rings. The Labute approximate surface area is 162 Å². The van der Waals surface area contributed by atoms with Crippen LogP contribution in [0.5, 0.6) is 0 Å². The predicted octanol–water partition coefficient (Wildman–Crippen LogP) is 3.69. The zero-order valence-electron chi connectivity index (χ0n) is 15.1. The van der Waals surface area contributed by atoms with Gasteiger partial charge in [-0.25, -0.2) is 4.79 Å². The first-order valence-electron chi connectivity index (χ1n) is 8.60. The van der Waals surface area contributed by atoms with Gasteiger partial charge in [0.2, 0.25) is 0 Å². The lowest BCUT2D eigenvalue weighted by Gasteiger charge is -2.12. The number of carbonyl (C=O) groups excluding carboxylic acids is 2. The number of nitrogens with one attached hydrogen (secondary N) is 1. The maximum absolute atomic E-state index is 12.2. The van der Waals surface area contributed by atoms with Crippen molar-refractivity contribution in [3.8, 4) is 6.07 Å². The van der Waals surface area contributed by atoms with E-state index in [0.29, 0.717) is 11.3 Å². The Morgan fingerprint density at radius 1 is 1.18 bits per heavy atom. The van der Waals surface area contributed by atoms with E-state index in [2.05, 4.69) is 10.3 Å². The molecule has 138 valence electrons. The molecule has 0 unspecified atom stereocenters. The Kier molecular flexibility index (Phi) is 5.78. The normalized spacial score (nSPS) is 11.7. The third-order valence-corrected chi connectivity index (χ3v) is 3.98. The number of nitrogens with zero attached hydrogens (tertiary/aromatic N) is 2. The standard InChI is InChI=1S/C22H17N3O3/c1-15(22(27)25-19-9-2-5-16(13-19)14-23)28-20(26)11-10-18-7-3-6-17-8-4-12-24-21(17)18/h2-13,15H,1H3,(H,25,27)/b11-10+/t15-/m1/s1. The second kappa shape index (κ2) is 8.60. The van der Waals surface area contributed by atoms with E-state index >= 15 is 0 Å². The fourth-order valence-electron chi connectivity index (χ4n) is 2.60. The first kappa shape index (κ1) is 18.8. The summed E-state index contributed by atoms with van der Waals surface area (Å²) >= 11 is 0. The van der Waals surface area contributed by atoms with E-state index in [0.717, 1.165) is 16.5 Å². The molecule has 0 bridgehead atoms. The van der Waals surface area contributed by atoms with Crippen LogP contribution in [0.15, 0.2) is 66.9 Å². The lowest BCUT2D eigenvalue weighted by Crippen LogP contribution is -2.29. The van der Waals surface area contributed by atoms with Crippen LogP contribution >= 0.6 is 0 Å². The highest BCUT2D eigenvalue weighted by Crippen LogP contribution is 2.17. The number of fused-ring (bicyclic) bond motifs is 1. The van der Waals surface area contributed by atoms with E-state index in [1.807, 2.05) is 36.4 Å². The summed E-state index contributed by atoms with van der Waals surface area (Å²) in [5, 5.41) is 12.5. The fourth-order valence-corrected chi connectivity index (χ4v) is 2.60. The average Bonchev–Trinajstić information content (AvgIpc) is 2.72. The van der Waals surface area contributed by atoms with Crippen molar-refractivity contribution in [2.24, 2.45) is 0 Å². The molecular formula is C22H17N3O3. The van der Waals surface area contributed by atoms with Gasteiger partial charge in [-0.2, -0.15) is 5.26 Å². The second-order valence-electron chi connectivity index (χ2n) is 6.02. The Hall–Kier alpha value is -3.98. The van der Waals surface area contributed by atoms with Crippen molar-refractivity contribution in [3.63, 3.8) is 0 Å². The molecule has 0 saturated heterocycles. The first-order chi connectivity index (χ1) is 13.6. The highest BCUT2D eigenvalue weighted by molar-refractivity contribution is 5.97. The highest BCUT2D eigenvalue weighted by Gasteiger charge is 2.16. The molecule has 6 nitrogen and oxygen atoms in total. The smallest absolute Gasteiger partial charge is 0.331 e. The van der Waals surface area contributed by atoms with Crippen molar-refractivity contribution in [2.75, 3.05) is 5.32 Å². The van der Waals surface area contributed by atoms with Crippen molar-refractivity contribution in [3.05, 3.63) is 78.0 Å². The maximum atomic E-state index is 12.2. The molecule has 0 aliphatic carbocycles. The molecule has 1 N–H and O–H groups in total. The molecule has 0 fully saturated rings. The van der Waals surface area contributed by atoms with Crippen LogP contribution in [0.25, 0.3) is 17.0 Å². The fraction of sp³-hybridized carbons (Fsp3) is 0.0909. The summed E-state index contributed by atoms with van der Waals surface area (Å²) in [6.07, 6.45) is 3.57. The number of amides is 1. The first-order valence-corrected chi connectivity index (χ1v) is 8.60. The molecule has 0 aliphatic heterocycles. The molecule has 1 atom stereocenters. The highest BCUT2D eigenvalue weighted by atomic mass is 16.5. The number of rotatable bonds is 5. The van der Waals surface area contributed by atoms with Crippen LogP contribution in [-0.4, -0.2) is 23.0 Å². The van der Waals surface area contributed by atoms with Crippen molar-refractivity contribution in [1.82, 2.24) is 4.98 Å². The van der Waals surface area contributed by atoms with Crippen molar-refractivity contribution in [2.45, 2.75) is 13.0 Å². The minimum absolute atomic E-state index is 0.425. The van der Waals surface area contributed by atoms with Crippen LogP contribution in [0.2, 0.25) is 0 Å². The van der Waals surface area contributed by atoms with Crippen molar-refractivity contribution >= 4 is 34.5 Å². The van der Waals surface area contributed by atoms with Gasteiger partial charge in [0.1, 0.15) is 0 Å². The van der Waals surface area contributed by atoms with Crippen LogP contribution in [0, 0.1) is 11.3 Å². The van der Waals surface area contributed by atoms with Crippen LogP contribution < -0.4 is 5.32 Å². The predicted molar refractivity (Wildman–Crippen MR) is 106 cm³/mol. The quantitative estimate of drug-likeness (QED) is 0.545. The summed E-state index contributed by atoms with van der Waals surface area (Å²) in [5.41, 5.74) is 2.44. The zero-order valence-corrected chi connectivity index (χ0v) is 15.1. The summed E-state index contributed by atoms with van der Waals surface area (Å²) in [6.45, 7) is 1.48. The molecule has 28 heavy (non-hydrogen) atoms. The average molecular weight is 371 g/mol. The molecule has 0 radical (unpaired) electrons. The number of anilines is 1. The van der Waals surface area contributed by atoms with Crippen LogP contribution in [-0.2, 0) is 14.3 Å². The number of para-hydroxylation sites is 1. The van der Waals surface area contributed by atoms with E-state index < -0.39 is 18.0 Å². The summed E-state index contributed by atoms with van der Waals surface area (Å²) in [4.78, 5) is 28.6. The Morgan fingerprint density at radius 2 is 1.96 bits per heavy atom. The van der Waals surface area contributed by atoms with E-state index in [1.165, 1.54) is 13.0 Å². The molecular weight excluding hydrogens is 354 g/mol.